The molecule has 1 saturated heterocycles. The number of urea groups is 1. The van der Waals surface area contributed by atoms with Gasteiger partial charge in [0.2, 0.25) is 10.0 Å². The van der Waals surface area contributed by atoms with Crippen molar-refractivity contribution >= 4 is 33.1 Å². The number of ether oxygens (including phenoxy) is 1. The van der Waals surface area contributed by atoms with Crippen LogP contribution in [-0.4, -0.2) is 45.1 Å². The molecule has 2 aromatic rings. The summed E-state index contributed by atoms with van der Waals surface area (Å²) in [4.78, 5) is 14.6. The average molecular weight is 422 g/mol. The highest BCUT2D eigenvalue weighted by Gasteiger charge is 2.48. The van der Waals surface area contributed by atoms with Gasteiger partial charge in [-0.05, 0) is 60.9 Å². The second-order valence-electron chi connectivity index (χ2n) is 7.33. The molecular weight excluding hydrogens is 398 g/mol. The number of piperidine rings is 1. The fourth-order valence-electron chi connectivity index (χ4n) is 4.15. The number of aryl methyl sites for hydroxylation is 1. The van der Waals surface area contributed by atoms with E-state index in [0.717, 1.165) is 29.8 Å². The number of methoxy groups -OCH3 is 1. The van der Waals surface area contributed by atoms with Crippen LogP contribution in [0.15, 0.2) is 39.9 Å². The van der Waals surface area contributed by atoms with Crippen molar-refractivity contribution in [3.05, 3.63) is 41.3 Å². The van der Waals surface area contributed by atoms with E-state index in [1.54, 1.807) is 35.6 Å². The highest BCUT2D eigenvalue weighted by molar-refractivity contribution is 7.91. The maximum Gasteiger partial charge on any atom is 0.322 e. The fraction of sp³-hybridized carbons (Fsp3) is 0.421. The molecule has 2 aliphatic rings. The van der Waals surface area contributed by atoms with Gasteiger partial charge in [-0.2, -0.15) is 0 Å². The number of hydrogen-bond donors (Lipinski definition) is 2. The zero-order valence-electron chi connectivity index (χ0n) is 15.7. The van der Waals surface area contributed by atoms with Crippen molar-refractivity contribution < 1.29 is 17.9 Å². The number of amides is 2. The number of sulfonamides is 1. The third-order valence-corrected chi connectivity index (χ3v) is 8.37. The van der Waals surface area contributed by atoms with Crippen LogP contribution < -0.4 is 14.8 Å². The van der Waals surface area contributed by atoms with Crippen molar-refractivity contribution in [3.63, 3.8) is 0 Å². The Morgan fingerprint density at radius 3 is 2.75 bits per heavy atom. The molecule has 2 fully saturated rings. The number of rotatable bonds is 5. The molecule has 150 valence electrons. The summed E-state index contributed by atoms with van der Waals surface area (Å²) >= 11 is 1.19. The van der Waals surface area contributed by atoms with Gasteiger partial charge in [0.1, 0.15) is 9.96 Å². The number of nitrogens with zero attached hydrogens (tertiary/aromatic N) is 1. The quantitative estimate of drug-likeness (QED) is 0.777. The first-order valence-corrected chi connectivity index (χ1v) is 11.5. The van der Waals surface area contributed by atoms with E-state index in [-0.39, 0.29) is 18.1 Å². The first-order valence-electron chi connectivity index (χ1n) is 9.15. The van der Waals surface area contributed by atoms with Crippen molar-refractivity contribution in [2.45, 2.75) is 36.1 Å². The summed E-state index contributed by atoms with van der Waals surface area (Å²) in [6, 6.07) is 8.22. The molecule has 2 bridgehead atoms. The Kier molecular flexibility index (Phi) is 5.07. The van der Waals surface area contributed by atoms with Crippen molar-refractivity contribution in [3.8, 4) is 5.75 Å². The summed E-state index contributed by atoms with van der Waals surface area (Å²) in [7, 11) is -1.95. The third kappa shape index (κ3) is 3.61. The summed E-state index contributed by atoms with van der Waals surface area (Å²) in [5, 5.41) is 4.70. The number of likely N-dealkylation sites (tertiary alicyclic amines) is 1. The predicted octanol–water partition coefficient (Wildman–Crippen LogP) is 3.04. The highest BCUT2D eigenvalue weighted by Crippen LogP contribution is 2.39. The van der Waals surface area contributed by atoms with E-state index in [0.29, 0.717) is 16.7 Å². The second kappa shape index (κ2) is 7.38. The molecule has 28 heavy (non-hydrogen) atoms. The van der Waals surface area contributed by atoms with Crippen LogP contribution in [0.25, 0.3) is 0 Å². The Balaban J connectivity index is 1.45. The minimum atomic E-state index is -3.55. The molecule has 4 rings (SSSR count). The standard InChI is InChI=1S/C19H23N3O4S2/c1-12-8-14(26-2)5-6-15(12)20-19(23)22-11-13-9-16(17(22)10-13)21-28(24,25)18-4-3-7-27-18/h3-8,13,16-17,21H,9-11H2,1-2H3,(H,20,23)/t13-,16+,17-/m1/s1. The van der Waals surface area contributed by atoms with Crippen molar-refractivity contribution in [1.29, 1.82) is 0 Å². The van der Waals surface area contributed by atoms with Crippen LogP contribution in [0.3, 0.4) is 0 Å². The summed E-state index contributed by atoms with van der Waals surface area (Å²) in [6.07, 6.45) is 1.59. The van der Waals surface area contributed by atoms with Crippen LogP contribution in [0.5, 0.6) is 5.75 Å². The van der Waals surface area contributed by atoms with Crippen molar-refractivity contribution in [1.82, 2.24) is 9.62 Å². The van der Waals surface area contributed by atoms with Gasteiger partial charge in [-0.25, -0.2) is 17.9 Å². The summed E-state index contributed by atoms with van der Waals surface area (Å²) in [5.74, 6) is 1.06. The van der Waals surface area contributed by atoms with Crippen LogP contribution in [0.2, 0.25) is 0 Å². The van der Waals surface area contributed by atoms with Gasteiger partial charge in [-0.1, -0.05) is 6.07 Å². The molecule has 9 heteroatoms. The zero-order valence-corrected chi connectivity index (χ0v) is 17.3. The third-order valence-electron chi connectivity index (χ3n) is 5.48. The molecule has 1 aliphatic carbocycles. The number of thiophene rings is 1. The van der Waals surface area contributed by atoms with Crippen LogP contribution in [0.4, 0.5) is 10.5 Å². The van der Waals surface area contributed by atoms with E-state index in [2.05, 4.69) is 10.0 Å². The molecule has 1 aromatic heterocycles. The summed E-state index contributed by atoms with van der Waals surface area (Å²) in [5.41, 5.74) is 1.64. The van der Waals surface area contributed by atoms with E-state index in [4.69, 9.17) is 4.74 Å². The molecule has 1 aromatic carbocycles. The lowest BCUT2D eigenvalue weighted by molar-refractivity contribution is 0.183. The smallest absolute Gasteiger partial charge is 0.322 e. The molecule has 0 unspecified atom stereocenters. The van der Waals surface area contributed by atoms with E-state index in [1.807, 2.05) is 19.1 Å². The van der Waals surface area contributed by atoms with E-state index < -0.39 is 10.0 Å². The minimum Gasteiger partial charge on any atom is -0.497 e. The Hall–Kier alpha value is -2.10. The number of carbonyl (C=O) groups excluding carboxylic acids is 1. The summed E-state index contributed by atoms with van der Waals surface area (Å²) < 4.78 is 33.4. The Bertz CT molecular complexity index is 975. The molecule has 2 N–H and O–H groups in total. The van der Waals surface area contributed by atoms with Gasteiger partial charge in [-0.15, -0.1) is 11.3 Å². The summed E-state index contributed by atoms with van der Waals surface area (Å²) in [6.45, 7) is 2.56. The number of anilines is 1. The van der Waals surface area contributed by atoms with Crippen molar-refractivity contribution in [2.24, 2.45) is 5.92 Å². The molecule has 3 atom stereocenters. The van der Waals surface area contributed by atoms with Crippen LogP contribution in [0, 0.1) is 12.8 Å². The molecule has 0 radical (unpaired) electrons. The van der Waals surface area contributed by atoms with Crippen LogP contribution in [-0.2, 0) is 10.0 Å². The van der Waals surface area contributed by atoms with Gasteiger partial charge in [0.15, 0.2) is 0 Å². The number of benzene rings is 1. The Morgan fingerprint density at radius 1 is 1.29 bits per heavy atom. The topological polar surface area (TPSA) is 87.7 Å². The molecule has 1 aliphatic heterocycles. The lowest BCUT2D eigenvalue weighted by atomic mass is 10.1. The molecular formula is C19H23N3O4S2. The monoisotopic (exact) mass is 421 g/mol. The molecule has 2 amide bonds. The largest absolute Gasteiger partial charge is 0.497 e. The number of fused-ring (bicyclic) bond motifs is 2. The van der Waals surface area contributed by atoms with Crippen molar-refractivity contribution in [2.75, 3.05) is 19.0 Å². The van der Waals surface area contributed by atoms with E-state index in [1.165, 1.54) is 11.3 Å². The molecule has 0 spiro atoms. The minimum absolute atomic E-state index is 0.127. The average Bonchev–Trinajstić information content (AvgIpc) is 3.39. The van der Waals surface area contributed by atoms with Gasteiger partial charge < -0.3 is 15.0 Å². The zero-order chi connectivity index (χ0) is 19.9. The maximum absolute atomic E-state index is 12.9. The fourth-order valence-corrected chi connectivity index (χ4v) is 6.44. The SMILES string of the molecule is COc1ccc(NC(=O)N2C[C@@H]3C[C@H](NS(=O)(=O)c4cccs4)[C@H]2C3)c(C)c1. The van der Waals surface area contributed by atoms with E-state index in [9.17, 15) is 13.2 Å². The first-order chi connectivity index (χ1) is 13.4. The number of carbonyl (C=O) groups is 1. The lowest BCUT2D eigenvalue weighted by Gasteiger charge is -2.33. The number of hydrogen-bond acceptors (Lipinski definition) is 5. The lowest BCUT2D eigenvalue weighted by Crippen LogP contribution is -2.52. The molecule has 2 heterocycles. The van der Waals surface area contributed by atoms with Crippen LogP contribution in [0.1, 0.15) is 18.4 Å². The highest BCUT2D eigenvalue weighted by atomic mass is 32.2. The van der Waals surface area contributed by atoms with E-state index >= 15 is 0 Å². The number of nitrogens with one attached hydrogen (secondary N) is 2. The van der Waals surface area contributed by atoms with Gasteiger partial charge >= 0.3 is 6.03 Å². The first kappa shape index (κ1) is 19.2. The molecule has 1 saturated carbocycles. The van der Waals surface area contributed by atoms with Crippen LogP contribution >= 0.6 is 11.3 Å². The van der Waals surface area contributed by atoms with Gasteiger partial charge in [0, 0.05) is 18.3 Å². The van der Waals surface area contributed by atoms with Gasteiger partial charge in [0.25, 0.3) is 0 Å². The Labute approximate surface area is 168 Å². The van der Waals surface area contributed by atoms with Gasteiger partial charge in [0.05, 0.1) is 13.2 Å². The normalized spacial score (nSPS) is 23.8. The van der Waals surface area contributed by atoms with Gasteiger partial charge in [-0.3, -0.25) is 0 Å². The predicted molar refractivity (Wildman–Crippen MR) is 108 cm³/mol. The molecule has 7 nitrogen and oxygen atoms in total. The second-order valence-corrected chi connectivity index (χ2v) is 10.2. The Morgan fingerprint density at radius 2 is 2.11 bits per heavy atom. The maximum atomic E-state index is 12.9.